The minimum Gasteiger partial charge on any atom is -0.477 e. The topological polar surface area (TPSA) is 83.0 Å². The van der Waals surface area contributed by atoms with E-state index in [9.17, 15) is 4.79 Å². The SMILES string of the molecule is O=C(O)c1cccc(C2OC2O)n1. The Hall–Kier alpha value is -1.46. The van der Waals surface area contributed by atoms with Crippen LogP contribution in [0.3, 0.4) is 0 Å². The van der Waals surface area contributed by atoms with Crippen LogP contribution in [0.25, 0.3) is 0 Å². The van der Waals surface area contributed by atoms with E-state index < -0.39 is 18.4 Å². The predicted molar refractivity (Wildman–Crippen MR) is 41.0 cm³/mol. The van der Waals surface area contributed by atoms with Crippen molar-refractivity contribution >= 4 is 5.97 Å². The van der Waals surface area contributed by atoms with Gasteiger partial charge in [-0.3, -0.25) is 0 Å². The predicted octanol–water partition coefficient (Wildman–Crippen LogP) is 0.169. The van der Waals surface area contributed by atoms with Crippen LogP contribution in [-0.2, 0) is 4.74 Å². The van der Waals surface area contributed by atoms with E-state index in [1.54, 1.807) is 12.1 Å². The molecule has 0 bridgehead atoms. The lowest BCUT2D eigenvalue weighted by Gasteiger charge is -1.96. The molecule has 13 heavy (non-hydrogen) atoms. The number of aliphatic hydroxyl groups excluding tert-OH is 1. The molecule has 5 heteroatoms. The van der Waals surface area contributed by atoms with Gasteiger partial charge in [-0.25, -0.2) is 9.78 Å². The summed E-state index contributed by atoms with van der Waals surface area (Å²) in [5, 5.41) is 17.5. The van der Waals surface area contributed by atoms with Gasteiger partial charge in [-0.05, 0) is 12.1 Å². The number of aromatic carboxylic acids is 1. The molecule has 2 heterocycles. The summed E-state index contributed by atoms with van der Waals surface area (Å²) < 4.78 is 4.74. The molecule has 1 aliphatic rings. The molecule has 2 atom stereocenters. The second-order valence-corrected chi connectivity index (χ2v) is 2.70. The third-order valence-electron chi connectivity index (χ3n) is 1.75. The fourth-order valence-electron chi connectivity index (χ4n) is 1.05. The highest BCUT2D eigenvalue weighted by atomic mass is 16.7. The number of pyridine rings is 1. The summed E-state index contributed by atoms with van der Waals surface area (Å²) >= 11 is 0. The third kappa shape index (κ3) is 1.51. The maximum atomic E-state index is 10.5. The molecular formula is C8H7NO4. The van der Waals surface area contributed by atoms with E-state index in [1.165, 1.54) is 6.07 Å². The first-order valence-corrected chi connectivity index (χ1v) is 3.72. The molecule has 1 aromatic heterocycles. The molecule has 1 aliphatic heterocycles. The van der Waals surface area contributed by atoms with Gasteiger partial charge in [-0.15, -0.1) is 0 Å². The highest BCUT2D eigenvalue weighted by Gasteiger charge is 2.39. The molecule has 2 unspecified atom stereocenters. The monoisotopic (exact) mass is 181 g/mol. The van der Waals surface area contributed by atoms with Crippen molar-refractivity contribution in [2.75, 3.05) is 0 Å². The number of nitrogens with zero attached hydrogens (tertiary/aromatic N) is 1. The lowest BCUT2D eigenvalue weighted by molar-refractivity contribution is 0.0690. The number of aliphatic hydroxyl groups is 1. The van der Waals surface area contributed by atoms with Gasteiger partial charge < -0.3 is 14.9 Å². The summed E-state index contributed by atoms with van der Waals surface area (Å²) in [7, 11) is 0. The van der Waals surface area contributed by atoms with Crippen molar-refractivity contribution in [2.45, 2.75) is 12.4 Å². The normalized spacial score (nSPS) is 25.6. The molecule has 68 valence electrons. The third-order valence-corrected chi connectivity index (χ3v) is 1.75. The van der Waals surface area contributed by atoms with Crippen molar-refractivity contribution in [3.63, 3.8) is 0 Å². The van der Waals surface area contributed by atoms with Crippen molar-refractivity contribution in [1.29, 1.82) is 0 Å². The maximum absolute atomic E-state index is 10.5. The zero-order valence-corrected chi connectivity index (χ0v) is 6.54. The van der Waals surface area contributed by atoms with Gasteiger partial charge in [0.1, 0.15) is 5.69 Å². The fraction of sp³-hybridized carbons (Fsp3) is 0.250. The van der Waals surface area contributed by atoms with Gasteiger partial charge in [0.25, 0.3) is 0 Å². The summed E-state index contributed by atoms with van der Waals surface area (Å²) in [6.07, 6.45) is -1.30. The van der Waals surface area contributed by atoms with Crippen LogP contribution in [0.4, 0.5) is 0 Å². The Kier molecular flexibility index (Phi) is 1.75. The van der Waals surface area contributed by atoms with Crippen LogP contribution in [0.15, 0.2) is 18.2 Å². The van der Waals surface area contributed by atoms with Crippen LogP contribution in [0, 0.1) is 0 Å². The largest absolute Gasteiger partial charge is 0.477 e. The van der Waals surface area contributed by atoms with Crippen molar-refractivity contribution in [3.05, 3.63) is 29.6 Å². The van der Waals surface area contributed by atoms with E-state index in [0.29, 0.717) is 5.69 Å². The number of rotatable bonds is 2. The number of carbonyl (C=O) groups is 1. The van der Waals surface area contributed by atoms with E-state index in [-0.39, 0.29) is 5.69 Å². The highest BCUT2D eigenvalue weighted by Crippen LogP contribution is 2.35. The van der Waals surface area contributed by atoms with Crippen molar-refractivity contribution < 1.29 is 19.7 Å². The van der Waals surface area contributed by atoms with Crippen LogP contribution in [0.2, 0.25) is 0 Å². The highest BCUT2D eigenvalue weighted by molar-refractivity contribution is 5.85. The van der Waals surface area contributed by atoms with E-state index >= 15 is 0 Å². The smallest absolute Gasteiger partial charge is 0.354 e. The zero-order chi connectivity index (χ0) is 9.42. The van der Waals surface area contributed by atoms with Crippen LogP contribution in [0.1, 0.15) is 22.3 Å². The Morgan fingerprint density at radius 3 is 2.77 bits per heavy atom. The first-order chi connectivity index (χ1) is 6.18. The molecule has 0 aliphatic carbocycles. The quantitative estimate of drug-likeness (QED) is 0.635. The Bertz CT molecular complexity index is 352. The lowest BCUT2D eigenvalue weighted by Crippen LogP contribution is -2.02. The lowest BCUT2D eigenvalue weighted by atomic mass is 10.2. The van der Waals surface area contributed by atoms with Crippen LogP contribution in [-0.4, -0.2) is 27.5 Å². The molecule has 0 radical (unpaired) electrons. The Morgan fingerprint density at radius 1 is 1.54 bits per heavy atom. The van der Waals surface area contributed by atoms with Crippen LogP contribution >= 0.6 is 0 Å². The number of carboxylic acid groups (broad SMARTS) is 1. The number of ether oxygens (including phenoxy) is 1. The standard InChI is InChI=1S/C8H7NO4/c10-7(11)5-3-1-2-4(9-5)6-8(12)13-6/h1-3,6,8,12H,(H,10,11). The molecule has 0 saturated carbocycles. The van der Waals surface area contributed by atoms with E-state index in [0.717, 1.165) is 0 Å². The second kappa shape index (κ2) is 2.79. The molecule has 5 nitrogen and oxygen atoms in total. The molecule has 1 aromatic rings. The van der Waals surface area contributed by atoms with Crippen molar-refractivity contribution in [3.8, 4) is 0 Å². The minimum absolute atomic E-state index is 0.0415. The molecule has 1 fully saturated rings. The summed E-state index contributed by atoms with van der Waals surface area (Å²) in [6, 6.07) is 4.58. The molecule has 2 N–H and O–H groups in total. The number of aromatic nitrogens is 1. The molecule has 0 aromatic carbocycles. The molecule has 0 spiro atoms. The van der Waals surface area contributed by atoms with Gasteiger partial charge >= 0.3 is 5.97 Å². The van der Waals surface area contributed by atoms with E-state index in [1.807, 2.05) is 0 Å². The van der Waals surface area contributed by atoms with E-state index in [2.05, 4.69) is 4.98 Å². The minimum atomic E-state index is -1.09. The van der Waals surface area contributed by atoms with Crippen molar-refractivity contribution in [1.82, 2.24) is 4.98 Å². The fourth-order valence-corrected chi connectivity index (χ4v) is 1.05. The second-order valence-electron chi connectivity index (χ2n) is 2.70. The zero-order valence-electron chi connectivity index (χ0n) is 6.54. The molecular weight excluding hydrogens is 174 g/mol. The van der Waals surface area contributed by atoms with Gasteiger partial charge in [0.2, 0.25) is 0 Å². The van der Waals surface area contributed by atoms with Crippen LogP contribution in [0.5, 0.6) is 0 Å². The Labute approximate surface area is 73.6 Å². The van der Waals surface area contributed by atoms with Gasteiger partial charge in [-0.1, -0.05) is 6.07 Å². The van der Waals surface area contributed by atoms with Crippen LogP contribution < -0.4 is 0 Å². The average Bonchev–Trinajstić information content (AvgIpc) is 2.83. The number of carboxylic acids is 1. The molecule has 0 amide bonds. The number of epoxide rings is 1. The molecule has 2 rings (SSSR count). The Balaban J connectivity index is 2.28. The van der Waals surface area contributed by atoms with Gasteiger partial charge in [0, 0.05) is 0 Å². The maximum Gasteiger partial charge on any atom is 0.354 e. The Morgan fingerprint density at radius 2 is 2.23 bits per heavy atom. The first-order valence-electron chi connectivity index (χ1n) is 3.72. The van der Waals surface area contributed by atoms with Gasteiger partial charge in [-0.2, -0.15) is 0 Å². The van der Waals surface area contributed by atoms with E-state index in [4.69, 9.17) is 14.9 Å². The average molecular weight is 181 g/mol. The van der Waals surface area contributed by atoms with Crippen molar-refractivity contribution in [2.24, 2.45) is 0 Å². The summed E-state index contributed by atoms with van der Waals surface area (Å²) in [6.45, 7) is 0. The number of hydrogen-bond donors (Lipinski definition) is 2. The number of hydrogen-bond acceptors (Lipinski definition) is 4. The van der Waals surface area contributed by atoms with Gasteiger partial charge in [0.05, 0.1) is 5.69 Å². The van der Waals surface area contributed by atoms with Gasteiger partial charge in [0.15, 0.2) is 12.4 Å². The molecule has 1 saturated heterocycles. The summed E-state index contributed by atoms with van der Waals surface area (Å²) in [4.78, 5) is 14.3. The summed E-state index contributed by atoms with van der Waals surface area (Å²) in [5.41, 5.74) is 0.410. The summed E-state index contributed by atoms with van der Waals surface area (Å²) in [5.74, 6) is -1.09. The first kappa shape index (κ1) is 8.15.